The van der Waals surface area contributed by atoms with Gasteiger partial charge in [-0.25, -0.2) is 4.68 Å². The van der Waals surface area contributed by atoms with Gasteiger partial charge in [0.15, 0.2) is 5.69 Å². The van der Waals surface area contributed by atoms with E-state index in [4.69, 9.17) is 0 Å². The van der Waals surface area contributed by atoms with Crippen LogP contribution in [0.1, 0.15) is 37.7 Å². The third kappa shape index (κ3) is 3.49. The predicted molar refractivity (Wildman–Crippen MR) is 82.1 cm³/mol. The monoisotopic (exact) mass is 302 g/mol. The standard InChI is InChI=1S/C15H18N4O3/c1-4-15(2,3)16-14(20)13-9-10-18(17-13)11-5-7-12(8-6-11)19(21)22/h5-10H,4H2,1-3H3,(H,16,20). The molecule has 0 saturated carbocycles. The Hall–Kier alpha value is -2.70. The van der Waals surface area contributed by atoms with Crippen molar-refractivity contribution < 1.29 is 9.72 Å². The second kappa shape index (κ2) is 5.97. The van der Waals surface area contributed by atoms with Gasteiger partial charge < -0.3 is 5.32 Å². The fourth-order valence-electron chi connectivity index (χ4n) is 1.78. The van der Waals surface area contributed by atoms with Gasteiger partial charge in [0, 0.05) is 23.9 Å². The maximum Gasteiger partial charge on any atom is 0.272 e. The summed E-state index contributed by atoms with van der Waals surface area (Å²) in [4.78, 5) is 22.3. The second-order valence-electron chi connectivity index (χ2n) is 5.61. The van der Waals surface area contributed by atoms with Crippen LogP contribution in [0.3, 0.4) is 0 Å². The summed E-state index contributed by atoms with van der Waals surface area (Å²) in [5, 5.41) is 17.7. The van der Waals surface area contributed by atoms with Crippen molar-refractivity contribution >= 4 is 11.6 Å². The molecule has 0 saturated heterocycles. The van der Waals surface area contributed by atoms with Crippen LogP contribution >= 0.6 is 0 Å². The molecule has 0 bridgehead atoms. The molecule has 0 aliphatic heterocycles. The van der Waals surface area contributed by atoms with Crippen molar-refractivity contribution in [2.24, 2.45) is 0 Å². The lowest BCUT2D eigenvalue weighted by atomic mass is 10.0. The quantitative estimate of drug-likeness (QED) is 0.679. The number of carbonyl (C=O) groups excluding carboxylic acids is 1. The molecule has 0 unspecified atom stereocenters. The van der Waals surface area contributed by atoms with E-state index in [0.717, 1.165) is 6.42 Å². The minimum atomic E-state index is -0.460. The Morgan fingerprint density at radius 1 is 1.32 bits per heavy atom. The van der Waals surface area contributed by atoms with Crippen molar-refractivity contribution in [1.82, 2.24) is 15.1 Å². The van der Waals surface area contributed by atoms with Gasteiger partial charge in [-0.2, -0.15) is 5.10 Å². The van der Waals surface area contributed by atoms with Crippen LogP contribution in [0.2, 0.25) is 0 Å². The molecule has 1 amide bonds. The number of nitro benzene ring substituents is 1. The number of non-ortho nitro benzene ring substituents is 1. The Bertz CT molecular complexity index is 689. The van der Waals surface area contributed by atoms with Crippen LogP contribution in [0.25, 0.3) is 5.69 Å². The van der Waals surface area contributed by atoms with E-state index in [1.165, 1.54) is 16.8 Å². The number of nitrogens with one attached hydrogen (secondary N) is 1. The van der Waals surface area contributed by atoms with Crippen molar-refractivity contribution in [2.75, 3.05) is 0 Å². The molecule has 0 fully saturated rings. The normalized spacial score (nSPS) is 11.2. The maximum absolute atomic E-state index is 12.1. The Labute approximate surface area is 128 Å². The van der Waals surface area contributed by atoms with Crippen molar-refractivity contribution in [2.45, 2.75) is 32.7 Å². The van der Waals surface area contributed by atoms with Crippen LogP contribution in [-0.4, -0.2) is 26.1 Å². The number of rotatable bonds is 5. The molecule has 0 radical (unpaired) electrons. The average molecular weight is 302 g/mol. The minimum Gasteiger partial charge on any atom is -0.346 e. The first-order valence-electron chi connectivity index (χ1n) is 6.95. The molecule has 1 aromatic heterocycles. The number of carbonyl (C=O) groups is 1. The molecule has 1 aromatic carbocycles. The summed E-state index contributed by atoms with van der Waals surface area (Å²) in [6, 6.07) is 7.59. The van der Waals surface area contributed by atoms with Crippen molar-refractivity contribution in [1.29, 1.82) is 0 Å². The molecule has 22 heavy (non-hydrogen) atoms. The smallest absolute Gasteiger partial charge is 0.272 e. The Kier molecular flexibility index (Phi) is 4.25. The van der Waals surface area contributed by atoms with Crippen LogP contribution < -0.4 is 5.32 Å². The van der Waals surface area contributed by atoms with E-state index in [9.17, 15) is 14.9 Å². The molecule has 0 spiro atoms. The van der Waals surface area contributed by atoms with Gasteiger partial charge in [-0.15, -0.1) is 0 Å². The van der Waals surface area contributed by atoms with Gasteiger partial charge in [0.1, 0.15) is 0 Å². The summed E-state index contributed by atoms with van der Waals surface area (Å²) in [7, 11) is 0. The van der Waals surface area contributed by atoms with Crippen LogP contribution in [0.15, 0.2) is 36.5 Å². The van der Waals surface area contributed by atoms with Gasteiger partial charge in [0.2, 0.25) is 0 Å². The van der Waals surface area contributed by atoms with E-state index >= 15 is 0 Å². The summed E-state index contributed by atoms with van der Waals surface area (Å²) in [5.74, 6) is -0.243. The first-order chi connectivity index (χ1) is 10.3. The van der Waals surface area contributed by atoms with Crippen LogP contribution in [-0.2, 0) is 0 Å². The summed E-state index contributed by atoms with van der Waals surface area (Å²) in [5.41, 5.74) is 0.673. The van der Waals surface area contributed by atoms with E-state index in [1.807, 2.05) is 20.8 Å². The summed E-state index contributed by atoms with van der Waals surface area (Å²) in [6.45, 7) is 5.88. The van der Waals surface area contributed by atoms with Crippen LogP contribution in [0.5, 0.6) is 0 Å². The Morgan fingerprint density at radius 2 is 1.95 bits per heavy atom. The second-order valence-corrected chi connectivity index (χ2v) is 5.61. The van der Waals surface area contributed by atoms with E-state index < -0.39 is 4.92 Å². The average Bonchev–Trinajstić information content (AvgIpc) is 2.97. The lowest BCUT2D eigenvalue weighted by Crippen LogP contribution is -2.42. The fourth-order valence-corrected chi connectivity index (χ4v) is 1.78. The van der Waals surface area contributed by atoms with E-state index in [1.54, 1.807) is 24.4 Å². The van der Waals surface area contributed by atoms with Gasteiger partial charge in [-0.3, -0.25) is 14.9 Å². The number of benzene rings is 1. The van der Waals surface area contributed by atoms with Gasteiger partial charge in [0.05, 0.1) is 10.6 Å². The first-order valence-corrected chi connectivity index (χ1v) is 6.95. The van der Waals surface area contributed by atoms with Gasteiger partial charge in [-0.1, -0.05) is 6.92 Å². The predicted octanol–water partition coefficient (Wildman–Crippen LogP) is 2.70. The number of nitrogens with zero attached hydrogens (tertiary/aromatic N) is 3. The molecule has 7 nitrogen and oxygen atoms in total. The Balaban J connectivity index is 2.17. The zero-order valence-electron chi connectivity index (χ0n) is 12.7. The molecule has 7 heteroatoms. The van der Waals surface area contributed by atoms with Crippen molar-refractivity contribution in [3.8, 4) is 5.69 Å². The molecular formula is C15H18N4O3. The fraction of sp³-hybridized carbons (Fsp3) is 0.333. The molecule has 1 N–H and O–H groups in total. The highest BCUT2D eigenvalue weighted by Gasteiger charge is 2.20. The number of amides is 1. The largest absolute Gasteiger partial charge is 0.346 e. The van der Waals surface area contributed by atoms with Gasteiger partial charge >= 0.3 is 0 Å². The third-order valence-corrected chi connectivity index (χ3v) is 3.48. The Morgan fingerprint density at radius 3 is 2.50 bits per heavy atom. The molecular weight excluding hydrogens is 284 g/mol. The highest BCUT2D eigenvalue weighted by Crippen LogP contribution is 2.15. The van der Waals surface area contributed by atoms with Gasteiger partial charge in [-0.05, 0) is 38.5 Å². The lowest BCUT2D eigenvalue weighted by molar-refractivity contribution is -0.384. The van der Waals surface area contributed by atoms with Crippen LogP contribution in [0, 0.1) is 10.1 Å². The van der Waals surface area contributed by atoms with Crippen molar-refractivity contribution in [3.63, 3.8) is 0 Å². The number of hydrogen-bond acceptors (Lipinski definition) is 4. The zero-order chi connectivity index (χ0) is 16.3. The van der Waals surface area contributed by atoms with Gasteiger partial charge in [0.25, 0.3) is 11.6 Å². The SMILES string of the molecule is CCC(C)(C)NC(=O)c1ccn(-c2ccc([N+](=O)[O-])cc2)n1. The zero-order valence-corrected chi connectivity index (χ0v) is 12.7. The van der Waals surface area contributed by atoms with E-state index in [-0.39, 0.29) is 17.1 Å². The molecule has 2 aromatic rings. The number of nitro groups is 1. The van der Waals surface area contributed by atoms with Crippen molar-refractivity contribution in [3.05, 3.63) is 52.3 Å². The molecule has 0 aliphatic rings. The topological polar surface area (TPSA) is 90.1 Å². The molecule has 0 aliphatic carbocycles. The molecule has 116 valence electrons. The van der Waals surface area contributed by atoms with E-state index in [2.05, 4.69) is 10.4 Å². The summed E-state index contributed by atoms with van der Waals surface area (Å²) >= 11 is 0. The van der Waals surface area contributed by atoms with E-state index in [0.29, 0.717) is 11.4 Å². The molecule has 2 rings (SSSR count). The summed E-state index contributed by atoms with van der Waals surface area (Å²) in [6.07, 6.45) is 2.46. The third-order valence-electron chi connectivity index (χ3n) is 3.48. The maximum atomic E-state index is 12.1. The van der Waals surface area contributed by atoms with Crippen LogP contribution in [0.4, 0.5) is 5.69 Å². The highest BCUT2D eigenvalue weighted by molar-refractivity contribution is 5.92. The highest BCUT2D eigenvalue weighted by atomic mass is 16.6. The number of aromatic nitrogens is 2. The molecule has 0 atom stereocenters. The molecule has 1 heterocycles. The minimum absolute atomic E-state index is 0.0126. The summed E-state index contributed by atoms with van der Waals surface area (Å²) < 4.78 is 1.51. The first kappa shape index (κ1) is 15.7. The number of hydrogen-bond donors (Lipinski definition) is 1. The lowest BCUT2D eigenvalue weighted by Gasteiger charge is -2.23.